The fourth-order valence-corrected chi connectivity index (χ4v) is 0.924. The highest BCUT2D eigenvalue weighted by Gasteiger charge is 1.93. The number of rotatable bonds is 3. The van der Waals surface area contributed by atoms with Crippen molar-refractivity contribution in [1.29, 1.82) is 0 Å². The molecule has 1 N–H and O–H groups in total. The molecule has 0 fully saturated rings. The molecule has 4 nitrogen and oxygen atoms in total. The molecule has 1 unspecified atom stereocenters. The second-order valence-electron chi connectivity index (χ2n) is 2.68. The van der Waals surface area contributed by atoms with Gasteiger partial charge in [-0.05, 0) is 0 Å². The predicted octanol–water partition coefficient (Wildman–Crippen LogP) is 1.11. The Morgan fingerprint density at radius 3 is 2.29 bits per heavy atom. The van der Waals surface area contributed by atoms with Crippen molar-refractivity contribution in [3.05, 3.63) is 30.6 Å². The first-order valence-electron chi connectivity index (χ1n) is 4.39. The maximum absolute atomic E-state index is 8.56. The first-order chi connectivity index (χ1) is 6.66. The van der Waals surface area contributed by atoms with Crippen LogP contribution in [0.5, 0.6) is 0 Å². The second kappa shape index (κ2) is 8.80. The standard InChI is InChI=1S/C9H14N.H2O3S/c1-2-3-7-10-8-5-4-6-9-10;1-4(2)3/h4-6,8-9H,2-3,7H2,1H3;(H2,1,2,3)/q+1;/p-1. The van der Waals surface area contributed by atoms with Crippen molar-refractivity contribution in [2.75, 3.05) is 0 Å². The Morgan fingerprint density at radius 2 is 1.86 bits per heavy atom. The van der Waals surface area contributed by atoms with Crippen LogP contribution in [0.4, 0.5) is 0 Å². The minimum absolute atomic E-state index is 1.15. The summed E-state index contributed by atoms with van der Waals surface area (Å²) in [7, 11) is 0. The van der Waals surface area contributed by atoms with Crippen LogP contribution in [0.15, 0.2) is 30.6 Å². The summed E-state index contributed by atoms with van der Waals surface area (Å²) < 4.78 is 26.3. The Morgan fingerprint density at radius 1 is 1.36 bits per heavy atom. The number of hydrogen-bond donors (Lipinski definition) is 1. The SMILES string of the molecule is CCCC[n+]1ccccc1.O=S([O-])O. The van der Waals surface area contributed by atoms with E-state index >= 15 is 0 Å². The molecular formula is C9H15NO3S. The van der Waals surface area contributed by atoms with E-state index in [0.29, 0.717) is 0 Å². The molecule has 0 aliphatic heterocycles. The summed E-state index contributed by atoms with van der Waals surface area (Å²) in [6.45, 7) is 3.36. The zero-order chi connectivity index (χ0) is 10.8. The third-order valence-corrected chi connectivity index (χ3v) is 1.55. The summed E-state index contributed by atoms with van der Waals surface area (Å²) in [5.74, 6) is 0. The Hall–Kier alpha value is -0.780. The third-order valence-electron chi connectivity index (χ3n) is 1.55. The van der Waals surface area contributed by atoms with E-state index in [1.165, 1.54) is 12.8 Å². The lowest BCUT2D eigenvalue weighted by molar-refractivity contribution is -0.697. The highest BCUT2D eigenvalue weighted by Crippen LogP contribution is 1.85. The van der Waals surface area contributed by atoms with Crippen LogP contribution in [0, 0.1) is 0 Å². The fourth-order valence-electron chi connectivity index (χ4n) is 0.924. The summed E-state index contributed by atoms with van der Waals surface area (Å²) in [5, 5.41) is 0. The van der Waals surface area contributed by atoms with Crippen molar-refractivity contribution in [3.63, 3.8) is 0 Å². The maximum Gasteiger partial charge on any atom is 0.168 e. The Kier molecular flexibility index (Phi) is 8.31. The van der Waals surface area contributed by atoms with Gasteiger partial charge in [-0.15, -0.1) is 0 Å². The minimum Gasteiger partial charge on any atom is -0.750 e. The number of aryl methyl sites for hydroxylation is 1. The van der Waals surface area contributed by atoms with E-state index < -0.39 is 11.4 Å². The van der Waals surface area contributed by atoms with E-state index in [4.69, 9.17) is 13.3 Å². The first kappa shape index (κ1) is 13.2. The first-order valence-corrected chi connectivity index (χ1v) is 5.42. The van der Waals surface area contributed by atoms with Gasteiger partial charge >= 0.3 is 0 Å². The van der Waals surface area contributed by atoms with Crippen LogP contribution in [0.1, 0.15) is 19.8 Å². The van der Waals surface area contributed by atoms with Crippen LogP contribution in [0.25, 0.3) is 0 Å². The average Bonchev–Trinajstić information content (AvgIpc) is 2.15. The molecule has 1 heterocycles. The second-order valence-corrected chi connectivity index (χ2v) is 3.12. The smallest absolute Gasteiger partial charge is 0.168 e. The number of pyridine rings is 1. The monoisotopic (exact) mass is 217 g/mol. The van der Waals surface area contributed by atoms with Crippen LogP contribution in [-0.4, -0.2) is 13.3 Å². The lowest BCUT2D eigenvalue weighted by Crippen LogP contribution is -2.31. The van der Waals surface area contributed by atoms with Crippen molar-refractivity contribution in [1.82, 2.24) is 0 Å². The zero-order valence-corrected chi connectivity index (χ0v) is 8.94. The van der Waals surface area contributed by atoms with Crippen molar-refractivity contribution < 1.29 is 17.9 Å². The van der Waals surface area contributed by atoms with Crippen LogP contribution >= 0.6 is 0 Å². The molecule has 0 saturated carbocycles. The van der Waals surface area contributed by atoms with Gasteiger partial charge in [-0.25, -0.2) is 8.78 Å². The molecule has 1 aromatic heterocycles. The number of nitrogens with zero attached hydrogens (tertiary/aromatic N) is 1. The zero-order valence-electron chi connectivity index (χ0n) is 8.13. The van der Waals surface area contributed by atoms with Gasteiger partial charge in [0, 0.05) is 18.6 Å². The molecule has 14 heavy (non-hydrogen) atoms. The van der Waals surface area contributed by atoms with E-state index in [1.807, 2.05) is 6.07 Å². The Labute approximate surface area is 86.7 Å². The van der Waals surface area contributed by atoms with Gasteiger partial charge in [0.05, 0.1) is 11.4 Å². The van der Waals surface area contributed by atoms with E-state index in [0.717, 1.165) is 6.54 Å². The summed E-state index contributed by atoms with van der Waals surface area (Å²) in [6.07, 6.45) is 6.75. The summed E-state index contributed by atoms with van der Waals surface area (Å²) in [6, 6.07) is 6.17. The molecule has 0 aliphatic carbocycles. The van der Waals surface area contributed by atoms with Crippen LogP contribution in [0.3, 0.4) is 0 Å². The molecule has 0 radical (unpaired) electrons. The van der Waals surface area contributed by atoms with Crippen molar-refractivity contribution in [3.8, 4) is 0 Å². The lowest BCUT2D eigenvalue weighted by Gasteiger charge is -1.91. The average molecular weight is 217 g/mol. The molecule has 0 aliphatic rings. The Bertz CT molecular complexity index is 249. The molecule has 0 spiro atoms. The van der Waals surface area contributed by atoms with E-state index in [-0.39, 0.29) is 0 Å². The summed E-state index contributed by atoms with van der Waals surface area (Å²) >= 11 is -2.86. The number of unbranched alkanes of at least 4 members (excludes halogenated alkanes) is 1. The van der Waals surface area contributed by atoms with E-state index in [2.05, 4.69) is 36.0 Å². The highest BCUT2D eigenvalue weighted by molar-refractivity contribution is 7.73. The topological polar surface area (TPSA) is 64.2 Å². The van der Waals surface area contributed by atoms with Crippen molar-refractivity contribution in [2.24, 2.45) is 0 Å². The van der Waals surface area contributed by atoms with Crippen molar-refractivity contribution >= 4 is 11.4 Å². The Balaban J connectivity index is 0.000000364. The molecule has 1 aromatic rings. The van der Waals surface area contributed by atoms with Gasteiger partial charge in [0.25, 0.3) is 0 Å². The quantitative estimate of drug-likeness (QED) is 0.609. The number of hydrogen-bond acceptors (Lipinski definition) is 2. The maximum atomic E-state index is 8.56. The predicted molar refractivity (Wildman–Crippen MR) is 53.1 cm³/mol. The normalized spacial score (nSPS) is 11.4. The highest BCUT2D eigenvalue weighted by atomic mass is 32.2. The van der Waals surface area contributed by atoms with Gasteiger partial charge in [-0.3, -0.25) is 0 Å². The van der Waals surface area contributed by atoms with Gasteiger partial charge in [0.1, 0.15) is 6.54 Å². The molecule has 0 bridgehead atoms. The van der Waals surface area contributed by atoms with Crippen LogP contribution in [0.2, 0.25) is 0 Å². The van der Waals surface area contributed by atoms with Gasteiger partial charge < -0.3 is 9.11 Å². The molecule has 1 atom stereocenters. The van der Waals surface area contributed by atoms with Gasteiger partial charge in [-0.2, -0.15) is 0 Å². The fraction of sp³-hybridized carbons (Fsp3) is 0.444. The van der Waals surface area contributed by atoms with E-state index in [1.54, 1.807) is 0 Å². The molecule has 5 heteroatoms. The summed E-state index contributed by atoms with van der Waals surface area (Å²) in [5.41, 5.74) is 0. The molecule has 0 aromatic carbocycles. The van der Waals surface area contributed by atoms with Gasteiger partial charge in [0.15, 0.2) is 12.4 Å². The van der Waals surface area contributed by atoms with Crippen LogP contribution < -0.4 is 4.57 Å². The molecule has 80 valence electrons. The number of aromatic nitrogens is 1. The van der Waals surface area contributed by atoms with Gasteiger partial charge in [-0.1, -0.05) is 19.4 Å². The van der Waals surface area contributed by atoms with E-state index in [9.17, 15) is 0 Å². The molecular weight excluding hydrogens is 202 g/mol. The lowest BCUT2D eigenvalue weighted by atomic mass is 10.3. The van der Waals surface area contributed by atoms with Gasteiger partial charge in [0.2, 0.25) is 0 Å². The minimum atomic E-state index is -2.86. The molecule has 0 saturated heterocycles. The largest absolute Gasteiger partial charge is 0.750 e. The molecule has 1 rings (SSSR count). The van der Waals surface area contributed by atoms with Crippen molar-refractivity contribution in [2.45, 2.75) is 26.3 Å². The molecule has 0 amide bonds. The summed E-state index contributed by atoms with van der Waals surface area (Å²) in [4.78, 5) is 0. The van der Waals surface area contributed by atoms with Crippen LogP contribution in [-0.2, 0) is 17.9 Å². The third kappa shape index (κ3) is 9.31.